The van der Waals surface area contributed by atoms with Crippen LogP contribution >= 0.6 is 34.7 Å². The van der Waals surface area contributed by atoms with Gasteiger partial charge in [-0.05, 0) is 61.4 Å². The number of benzene rings is 1. The third kappa shape index (κ3) is 6.00. The molecule has 0 bridgehead atoms. The first kappa shape index (κ1) is 23.1. The van der Waals surface area contributed by atoms with Crippen molar-refractivity contribution in [2.24, 2.45) is 0 Å². The number of nitrogens with one attached hydrogen (secondary N) is 1. The van der Waals surface area contributed by atoms with Crippen LogP contribution in [0.4, 0.5) is 5.00 Å². The molecule has 0 fully saturated rings. The molecule has 0 unspecified atom stereocenters. The van der Waals surface area contributed by atoms with Crippen molar-refractivity contribution in [3.05, 3.63) is 45.3 Å². The lowest BCUT2D eigenvalue weighted by Gasteiger charge is -2.26. The number of thiophene rings is 1. The van der Waals surface area contributed by atoms with Crippen LogP contribution in [0.3, 0.4) is 0 Å². The van der Waals surface area contributed by atoms with Crippen molar-refractivity contribution in [1.29, 1.82) is 0 Å². The Labute approximate surface area is 191 Å². The lowest BCUT2D eigenvalue weighted by molar-refractivity contribution is -0.116. The Morgan fingerprint density at radius 1 is 1.30 bits per heavy atom. The van der Waals surface area contributed by atoms with Crippen molar-refractivity contribution in [3.63, 3.8) is 0 Å². The number of carbonyl (C=O) groups is 2. The molecule has 1 aromatic carbocycles. The molecule has 3 rings (SSSR count). The Balaban J connectivity index is 1.58. The SMILES string of the molecule is CCCN1CCc2c(sc(NC(=O)CCCSc3ccc(Cl)cc3)c2C(=O)OC)C1. The highest BCUT2D eigenvalue weighted by atomic mass is 35.5. The number of rotatable bonds is 9. The average Bonchev–Trinajstić information content (AvgIpc) is 3.09. The second kappa shape index (κ2) is 11.2. The van der Waals surface area contributed by atoms with Gasteiger partial charge in [-0.3, -0.25) is 9.69 Å². The molecule has 1 aliphatic rings. The fraction of sp³-hybridized carbons (Fsp3) is 0.455. The minimum Gasteiger partial charge on any atom is -0.465 e. The number of carbonyl (C=O) groups excluding carboxylic acids is 2. The Hall–Kier alpha value is -1.54. The van der Waals surface area contributed by atoms with Crippen LogP contribution < -0.4 is 5.32 Å². The summed E-state index contributed by atoms with van der Waals surface area (Å²) in [5, 5.41) is 4.31. The molecule has 0 radical (unpaired) electrons. The summed E-state index contributed by atoms with van der Waals surface area (Å²) in [6.07, 6.45) is 3.07. The van der Waals surface area contributed by atoms with Crippen LogP contribution in [0.5, 0.6) is 0 Å². The van der Waals surface area contributed by atoms with E-state index in [2.05, 4.69) is 17.1 Å². The first-order valence-corrected chi connectivity index (χ1v) is 12.3. The summed E-state index contributed by atoms with van der Waals surface area (Å²) in [6.45, 7) is 4.96. The topological polar surface area (TPSA) is 58.6 Å². The van der Waals surface area contributed by atoms with Crippen LogP contribution in [0.15, 0.2) is 29.2 Å². The summed E-state index contributed by atoms with van der Waals surface area (Å²) in [6, 6.07) is 7.69. The van der Waals surface area contributed by atoms with Crippen LogP contribution in [0.25, 0.3) is 0 Å². The van der Waals surface area contributed by atoms with Crippen LogP contribution in [0, 0.1) is 0 Å². The van der Waals surface area contributed by atoms with E-state index in [-0.39, 0.29) is 11.9 Å². The summed E-state index contributed by atoms with van der Waals surface area (Å²) in [7, 11) is 1.39. The third-order valence-corrected chi connectivity index (χ3v) is 7.43. The molecule has 0 saturated carbocycles. The molecule has 0 spiro atoms. The number of amides is 1. The molecule has 30 heavy (non-hydrogen) atoms. The molecule has 162 valence electrons. The van der Waals surface area contributed by atoms with E-state index in [1.807, 2.05) is 24.3 Å². The van der Waals surface area contributed by atoms with Crippen molar-refractivity contribution in [2.75, 3.05) is 31.3 Å². The number of hydrogen-bond acceptors (Lipinski definition) is 6. The molecule has 1 amide bonds. The van der Waals surface area contributed by atoms with Gasteiger partial charge in [0.15, 0.2) is 0 Å². The number of anilines is 1. The summed E-state index contributed by atoms with van der Waals surface area (Å²) >= 11 is 9.11. The highest BCUT2D eigenvalue weighted by Gasteiger charge is 2.29. The van der Waals surface area contributed by atoms with Crippen LogP contribution in [-0.2, 0) is 22.5 Å². The zero-order valence-corrected chi connectivity index (χ0v) is 19.7. The van der Waals surface area contributed by atoms with Gasteiger partial charge in [-0.25, -0.2) is 4.79 Å². The second-order valence-electron chi connectivity index (χ2n) is 7.18. The molecule has 1 aromatic heterocycles. The minimum atomic E-state index is -0.370. The smallest absolute Gasteiger partial charge is 0.341 e. The predicted octanol–water partition coefficient (Wildman–Crippen LogP) is 5.47. The highest BCUT2D eigenvalue weighted by molar-refractivity contribution is 7.99. The fourth-order valence-corrected chi connectivity index (χ4v) is 5.79. The van der Waals surface area contributed by atoms with E-state index in [4.69, 9.17) is 16.3 Å². The molecule has 0 saturated heterocycles. The maximum atomic E-state index is 12.5. The third-order valence-electron chi connectivity index (χ3n) is 4.95. The van der Waals surface area contributed by atoms with Crippen molar-refractivity contribution in [1.82, 2.24) is 4.90 Å². The Morgan fingerprint density at radius 2 is 2.07 bits per heavy atom. The number of ether oxygens (including phenoxy) is 1. The minimum absolute atomic E-state index is 0.0686. The van der Waals surface area contributed by atoms with Crippen molar-refractivity contribution < 1.29 is 14.3 Å². The van der Waals surface area contributed by atoms with Gasteiger partial charge in [0.1, 0.15) is 5.00 Å². The number of esters is 1. The zero-order valence-electron chi connectivity index (χ0n) is 17.3. The quantitative estimate of drug-likeness (QED) is 0.302. The molecular weight excluding hydrogens is 440 g/mol. The maximum absolute atomic E-state index is 12.5. The maximum Gasteiger partial charge on any atom is 0.341 e. The number of halogens is 1. The summed E-state index contributed by atoms with van der Waals surface area (Å²) in [5.74, 6) is 0.400. The molecule has 0 atom stereocenters. The number of nitrogens with zero attached hydrogens (tertiary/aromatic N) is 1. The van der Waals surface area contributed by atoms with Crippen LogP contribution in [-0.4, -0.2) is 42.7 Å². The Kier molecular flexibility index (Phi) is 8.62. The largest absolute Gasteiger partial charge is 0.465 e. The van der Waals surface area contributed by atoms with Gasteiger partial charge in [0.2, 0.25) is 5.91 Å². The molecular formula is C22H27ClN2O3S2. The predicted molar refractivity (Wildman–Crippen MR) is 125 cm³/mol. The first-order valence-electron chi connectivity index (χ1n) is 10.1. The van der Waals surface area contributed by atoms with Gasteiger partial charge >= 0.3 is 5.97 Å². The van der Waals surface area contributed by atoms with Crippen LogP contribution in [0.2, 0.25) is 5.02 Å². The molecule has 8 heteroatoms. The van der Waals surface area contributed by atoms with Crippen molar-refractivity contribution in [2.45, 2.75) is 44.0 Å². The highest BCUT2D eigenvalue weighted by Crippen LogP contribution is 2.37. The molecule has 1 aliphatic heterocycles. The van der Waals surface area contributed by atoms with E-state index in [9.17, 15) is 9.59 Å². The lowest BCUT2D eigenvalue weighted by atomic mass is 10.0. The van der Waals surface area contributed by atoms with E-state index in [1.54, 1.807) is 11.8 Å². The fourth-order valence-electron chi connectivity index (χ4n) is 3.51. The molecule has 5 nitrogen and oxygen atoms in total. The second-order valence-corrected chi connectivity index (χ2v) is 9.89. The summed E-state index contributed by atoms with van der Waals surface area (Å²) in [4.78, 5) is 29.6. The molecule has 0 aliphatic carbocycles. The molecule has 2 aromatic rings. The van der Waals surface area contributed by atoms with Gasteiger partial charge in [0.25, 0.3) is 0 Å². The summed E-state index contributed by atoms with van der Waals surface area (Å²) < 4.78 is 5.00. The van der Waals surface area contributed by atoms with Crippen molar-refractivity contribution >= 4 is 51.6 Å². The van der Waals surface area contributed by atoms with Gasteiger partial charge in [-0.2, -0.15) is 0 Å². The number of fused-ring (bicyclic) bond motifs is 1. The van der Waals surface area contributed by atoms with Crippen molar-refractivity contribution in [3.8, 4) is 0 Å². The van der Waals surface area contributed by atoms with Gasteiger partial charge in [-0.1, -0.05) is 18.5 Å². The first-order chi connectivity index (χ1) is 14.5. The zero-order chi connectivity index (χ0) is 21.5. The van der Waals surface area contributed by atoms with E-state index in [1.165, 1.54) is 18.4 Å². The Bertz CT molecular complexity index is 883. The summed E-state index contributed by atoms with van der Waals surface area (Å²) in [5.41, 5.74) is 1.57. The average molecular weight is 467 g/mol. The van der Waals surface area contributed by atoms with Crippen LogP contribution in [0.1, 0.15) is 47.0 Å². The standard InChI is InChI=1S/C22H27ClN2O3S2/c1-3-11-25-12-10-17-18(14-25)30-21(20(17)22(27)28-2)24-19(26)5-4-13-29-16-8-6-15(23)7-9-16/h6-9H,3-5,10-14H2,1-2H3,(H,24,26). The van der Waals surface area contributed by atoms with E-state index < -0.39 is 0 Å². The van der Waals surface area contributed by atoms with Gasteiger partial charge in [-0.15, -0.1) is 23.1 Å². The number of methoxy groups -OCH3 is 1. The monoisotopic (exact) mass is 466 g/mol. The number of thioether (sulfide) groups is 1. The van der Waals surface area contributed by atoms with Gasteiger partial charge < -0.3 is 10.1 Å². The number of hydrogen-bond donors (Lipinski definition) is 1. The van der Waals surface area contributed by atoms with E-state index >= 15 is 0 Å². The molecule has 2 heterocycles. The van der Waals surface area contributed by atoms with E-state index in [0.717, 1.165) is 65.0 Å². The van der Waals surface area contributed by atoms with Gasteiger partial charge in [0.05, 0.1) is 12.7 Å². The normalized spacial score (nSPS) is 13.7. The van der Waals surface area contributed by atoms with E-state index in [0.29, 0.717) is 17.0 Å². The van der Waals surface area contributed by atoms with Gasteiger partial charge in [0, 0.05) is 34.3 Å². The lowest BCUT2D eigenvalue weighted by Crippen LogP contribution is -2.30. The Morgan fingerprint density at radius 3 is 2.77 bits per heavy atom. The molecule has 1 N–H and O–H groups in total.